The third-order valence-electron chi connectivity index (χ3n) is 3.38. The van der Waals surface area contributed by atoms with Gasteiger partial charge in [-0.25, -0.2) is 10.5 Å². The molecule has 0 saturated heterocycles. The first kappa shape index (κ1) is 18.7. The van der Waals surface area contributed by atoms with E-state index in [9.17, 15) is 15.2 Å². The number of phenols is 1. The highest BCUT2D eigenvalue weighted by atomic mass is 35.5. The third kappa shape index (κ3) is 4.96. The second kappa shape index (κ2) is 8.52. The molecule has 0 aliphatic rings. The topological polar surface area (TPSA) is 129 Å². The summed E-state index contributed by atoms with van der Waals surface area (Å²) in [6.07, 6.45) is 1.25. The molecule has 0 amide bonds. The van der Waals surface area contributed by atoms with Crippen LogP contribution in [-0.4, -0.2) is 31.4 Å². The van der Waals surface area contributed by atoms with E-state index in [1.165, 1.54) is 36.2 Å². The zero-order valence-electron chi connectivity index (χ0n) is 13.7. The van der Waals surface area contributed by atoms with Crippen LogP contribution in [0.5, 0.6) is 5.75 Å². The monoisotopic (exact) mass is 404 g/mol. The minimum atomic E-state index is -0.552. The van der Waals surface area contributed by atoms with Crippen LogP contribution in [-0.2, 0) is 5.75 Å². The van der Waals surface area contributed by atoms with Crippen LogP contribution in [0, 0.1) is 10.1 Å². The average molecular weight is 405 g/mol. The third-order valence-corrected chi connectivity index (χ3v) is 4.64. The van der Waals surface area contributed by atoms with Crippen molar-refractivity contribution in [2.24, 2.45) is 5.10 Å². The van der Waals surface area contributed by atoms with Crippen molar-refractivity contribution in [2.75, 3.05) is 5.43 Å². The van der Waals surface area contributed by atoms with E-state index in [0.29, 0.717) is 15.9 Å². The lowest BCUT2D eigenvalue weighted by molar-refractivity contribution is -0.384. The van der Waals surface area contributed by atoms with Crippen molar-refractivity contribution in [2.45, 2.75) is 10.9 Å². The van der Waals surface area contributed by atoms with Crippen molar-refractivity contribution in [3.63, 3.8) is 0 Å². The van der Waals surface area contributed by atoms with E-state index in [2.05, 4.69) is 25.7 Å². The molecule has 0 unspecified atom stereocenters. The first-order valence-electron chi connectivity index (χ1n) is 7.58. The average Bonchev–Trinajstić information content (AvgIpc) is 3.10. The van der Waals surface area contributed by atoms with Gasteiger partial charge in [0.2, 0.25) is 11.1 Å². The number of anilines is 1. The SMILES string of the molecule is O=[N+]([O-])c1ccc(O)c(/C=N\Nc2nc(SCc3ccccc3Cl)n[nH]2)c1. The van der Waals surface area contributed by atoms with Gasteiger partial charge in [0.05, 0.1) is 11.1 Å². The molecule has 0 atom stereocenters. The number of nitrogens with zero attached hydrogens (tertiary/aromatic N) is 4. The minimum absolute atomic E-state index is 0.125. The highest BCUT2D eigenvalue weighted by Crippen LogP contribution is 2.25. The van der Waals surface area contributed by atoms with Gasteiger partial charge in [0.15, 0.2) is 0 Å². The lowest BCUT2D eigenvalue weighted by Gasteiger charge is -2.00. The number of H-pyrrole nitrogens is 1. The summed E-state index contributed by atoms with van der Waals surface area (Å²) in [7, 11) is 0. The molecule has 0 saturated carbocycles. The molecule has 9 nitrogen and oxygen atoms in total. The molecule has 0 aliphatic carbocycles. The minimum Gasteiger partial charge on any atom is -0.507 e. The van der Waals surface area contributed by atoms with E-state index in [-0.39, 0.29) is 22.9 Å². The molecule has 0 fully saturated rings. The van der Waals surface area contributed by atoms with E-state index >= 15 is 0 Å². The molecule has 0 spiro atoms. The fourth-order valence-electron chi connectivity index (χ4n) is 2.04. The molecule has 0 bridgehead atoms. The van der Waals surface area contributed by atoms with Gasteiger partial charge in [0.1, 0.15) is 5.75 Å². The first-order valence-corrected chi connectivity index (χ1v) is 8.94. The predicted octanol–water partition coefficient (Wildman–Crippen LogP) is 3.81. The van der Waals surface area contributed by atoms with Crippen molar-refractivity contribution in [1.29, 1.82) is 0 Å². The van der Waals surface area contributed by atoms with Crippen LogP contribution in [0.25, 0.3) is 0 Å². The lowest BCUT2D eigenvalue weighted by Crippen LogP contribution is -1.94. The number of hydrazone groups is 1. The fourth-order valence-corrected chi connectivity index (χ4v) is 3.12. The Morgan fingerprint density at radius 2 is 2.19 bits per heavy atom. The normalized spacial score (nSPS) is 11.0. The number of aromatic hydroxyl groups is 1. The number of aromatic nitrogens is 3. The second-order valence-electron chi connectivity index (χ2n) is 5.22. The Morgan fingerprint density at radius 1 is 1.37 bits per heavy atom. The van der Waals surface area contributed by atoms with Crippen molar-refractivity contribution in [3.05, 3.63) is 68.7 Å². The zero-order chi connectivity index (χ0) is 19.2. The molecule has 0 aliphatic heterocycles. The maximum atomic E-state index is 10.8. The maximum Gasteiger partial charge on any atom is 0.270 e. The number of non-ortho nitro benzene ring substituents is 1. The summed E-state index contributed by atoms with van der Waals surface area (Å²) in [5.74, 6) is 0.777. The number of benzene rings is 2. The van der Waals surface area contributed by atoms with Crippen LogP contribution in [0.1, 0.15) is 11.1 Å². The van der Waals surface area contributed by atoms with Gasteiger partial charge in [-0.05, 0) is 17.7 Å². The maximum absolute atomic E-state index is 10.8. The Kier molecular flexibility index (Phi) is 5.89. The molecule has 3 N–H and O–H groups in total. The van der Waals surface area contributed by atoms with Gasteiger partial charge in [-0.2, -0.15) is 10.1 Å². The Balaban J connectivity index is 1.60. The van der Waals surface area contributed by atoms with Crippen LogP contribution in [0.15, 0.2) is 52.7 Å². The number of thioether (sulfide) groups is 1. The fraction of sp³-hybridized carbons (Fsp3) is 0.0625. The van der Waals surface area contributed by atoms with Gasteiger partial charge in [0.25, 0.3) is 5.69 Å². The molecule has 11 heteroatoms. The van der Waals surface area contributed by atoms with Gasteiger partial charge in [-0.1, -0.05) is 41.6 Å². The van der Waals surface area contributed by atoms with Crippen LogP contribution in [0.4, 0.5) is 11.6 Å². The van der Waals surface area contributed by atoms with Gasteiger partial charge in [0, 0.05) is 28.5 Å². The summed E-state index contributed by atoms with van der Waals surface area (Å²) >= 11 is 7.51. The van der Waals surface area contributed by atoms with Crippen LogP contribution < -0.4 is 5.43 Å². The van der Waals surface area contributed by atoms with Gasteiger partial charge in [-0.3, -0.25) is 10.1 Å². The predicted molar refractivity (Wildman–Crippen MR) is 103 cm³/mol. The molecule has 1 heterocycles. The molecule has 138 valence electrons. The van der Waals surface area contributed by atoms with Crippen LogP contribution >= 0.6 is 23.4 Å². The van der Waals surface area contributed by atoms with Gasteiger partial charge >= 0.3 is 0 Å². The van der Waals surface area contributed by atoms with Crippen molar-refractivity contribution < 1.29 is 10.0 Å². The summed E-state index contributed by atoms with van der Waals surface area (Å²) in [4.78, 5) is 14.4. The number of rotatable bonds is 7. The van der Waals surface area contributed by atoms with Crippen molar-refractivity contribution in [3.8, 4) is 5.75 Å². The Morgan fingerprint density at radius 3 is 2.96 bits per heavy atom. The summed E-state index contributed by atoms with van der Waals surface area (Å²) in [6, 6.07) is 11.2. The lowest BCUT2D eigenvalue weighted by atomic mass is 10.2. The summed E-state index contributed by atoms with van der Waals surface area (Å²) in [6.45, 7) is 0. The zero-order valence-corrected chi connectivity index (χ0v) is 15.2. The summed E-state index contributed by atoms with van der Waals surface area (Å²) in [5, 5.41) is 32.3. The van der Waals surface area contributed by atoms with Gasteiger partial charge < -0.3 is 5.11 Å². The van der Waals surface area contributed by atoms with Crippen molar-refractivity contribution >= 4 is 41.2 Å². The smallest absolute Gasteiger partial charge is 0.270 e. The number of hydrogen-bond donors (Lipinski definition) is 3. The molecule has 27 heavy (non-hydrogen) atoms. The molecule has 2 aromatic carbocycles. The summed E-state index contributed by atoms with van der Waals surface area (Å²) < 4.78 is 0. The van der Waals surface area contributed by atoms with E-state index in [1.807, 2.05) is 24.3 Å². The number of nitrogens with one attached hydrogen (secondary N) is 2. The van der Waals surface area contributed by atoms with Crippen molar-refractivity contribution in [1.82, 2.24) is 15.2 Å². The molecule has 1 aromatic heterocycles. The van der Waals surface area contributed by atoms with Crippen LogP contribution in [0.2, 0.25) is 5.02 Å². The number of phenolic OH excluding ortho intramolecular Hbond substituents is 1. The Hall–Kier alpha value is -3.11. The molecule has 0 radical (unpaired) electrons. The van der Waals surface area contributed by atoms with Gasteiger partial charge in [-0.15, -0.1) is 5.10 Å². The molecule has 3 aromatic rings. The molecular weight excluding hydrogens is 392 g/mol. The number of nitro benzene ring substituents is 1. The standard InChI is InChI=1S/C16H13ClN6O3S/c17-13-4-2-1-3-10(13)9-27-16-19-15(21-22-16)20-18-8-11-7-12(23(25)26)5-6-14(11)24/h1-8,24H,9H2,(H2,19,20,21,22)/b18-8-. The van der Waals surface area contributed by atoms with E-state index in [4.69, 9.17) is 11.6 Å². The number of aromatic amines is 1. The summed E-state index contributed by atoms with van der Waals surface area (Å²) in [5.41, 5.74) is 3.65. The largest absolute Gasteiger partial charge is 0.507 e. The first-order chi connectivity index (χ1) is 13.0. The number of halogens is 1. The number of nitro groups is 1. The Bertz CT molecular complexity index is 994. The highest BCUT2D eigenvalue weighted by Gasteiger charge is 2.09. The molecular formula is C16H13ClN6O3S. The second-order valence-corrected chi connectivity index (χ2v) is 6.57. The Labute approximate surface area is 162 Å². The quantitative estimate of drug-likeness (QED) is 0.236. The number of hydrogen-bond acceptors (Lipinski definition) is 8. The van der Waals surface area contributed by atoms with E-state index < -0.39 is 4.92 Å². The van der Waals surface area contributed by atoms with Crippen LogP contribution in [0.3, 0.4) is 0 Å². The van der Waals surface area contributed by atoms with E-state index in [0.717, 1.165) is 5.56 Å². The molecule has 3 rings (SSSR count). The highest BCUT2D eigenvalue weighted by molar-refractivity contribution is 7.98. The van der Waals surface area contributed by atoms with E-state index in [1.54, 1.807) is 0 Å².